The summed E-state index contributed by atoms with van der Waals surface area (Å²) in [6.07, 6.45) is 2.39. The van der Waals surface area contributed by atoms with E-state index in [0.717, 1.165) is 30.7 Å². The Hall–Kier alpha value is -1.89. The van der Waals surface area contributed by atoms with Gasteiger partial charge in [-0.1, -0.05) is 13.3 Å². The molecule has 0 fully saturated rings. The summed E-state index contributed by atoms with van der Waals surface area (Å²) in [5.41, 5.74) is 4.34. The number of unbranched alkanes of at least 4 members (excludes halogenated alkanes) is 1. The Labute approximate surface area is 136 Å². The molecular formula is C15H22N3O3S-. The van der Waals surface area contributed by atoms with E-state index in [1.54, 1.807) is 6.07 Å². The minimum absolute atomic E-state index is 0.0632. The summed E-state index contributed by atoms with van der Waals surface area (Å²) in [6.45, 7) is 6.58. The molecule has 122 valence electrons. The lowest BCUT2D eigenvalue weighted by Gasteiger charge is -2.06. The highest BCUT2D eigenvalue weighted by molar-refractivity contribution is 7.80. The van der Waals surface area contributed by atoms with Gasteiger partial charge in [0.2, 0.25) is 0 Å². The van der Waals surface area contributed by atoms with E-state index in [1.165, 1.54) is 0 Å². The molecule has 1 rings (SSSR count). The number of furan rings is 1. The number of carbonyl (C=O) groups excluding carboxylic acids is 1. The van der Waals surface area contributed by atoms with Gasteiger partial charge >= 0.3 is 0 Å². The summed E-state index contributed by atoms with van der Waals surface area (Å²) in [6, 6.07) is 1.80. The first-order chi connectivity index (χ1) is 10.4. The number of carbonyl (C=O) groups is 1. The molecule has 2 N–H and O–H groups in total. The largest absolute Gasteiger partial charge is 0.550 e. The number of hydrazone groups is 1. The van der Waals surface area contributed by atoms with Crippen LogP contribution < -0.4 is 15.8 Å². The van der Waals surface area contributed by atoms with E-state index >= 15 is 0 Å². The van der Waals surface area contributed by atoms with Crippen molar-refractivity contribution in [3.05, 3.63) is 23.2 Å². The number of thiocarbonyl (C=S) groups is 1. The fourth-order valence-electron chi connectivity index (χ4n) is 1.86. The zero-order chi connectivity index (χ0) is 16.5. The quantitative estimate of drug-likeness (QED) is 0.324. The first-order valence-electron chi connectivity index (χ1n) is 7.31. The molecule has 0 saturated heterocycles. The number of carboxylic acid groups (broad SMARTS) is 1. The number of nitrogens with one attached hydrogen (secondary N) is 2. The molecular weight excluding hydrogens is 302 g/mol. The molecule has 0 aliphatic rings. The summed E-state index contributed by atoms with van der Waals surface area (Å²) in [4.78, 5) is 10.5. The van der Waals surface area contributed by atoms with Crippen LogP contribution in [-0.2, 0) is 11.2 Å². The number of aliphatic carboxylic acids is 1. The van der Waals surface area contributed by atoms with Crippen LogP contribution in [0.1, 0.15) is 50.2 Å². The normalized spacial score (nSPS) is 11.3. The second kappa shape index (κ2) is 9.19. The van der Waals surface area contributed by atoms with Crippen molar-refractivity contribution >= 4 is 29.0 Å². The molecule has 0 aliphatic heterocycles. The van der Waals surface area contributed by atoms with Crippen molar-refractivity contribution < 1.29 is 14.3 Å². The van der Waals surface area contributed by atoms with Gasteiger partial charge in [0, 0.05) is 24.5 Å². The maximum atomic E-state index is 10.5. The molecule has 1 heterocycles. The third kappa shape index (κ3) is 6.26. The first-order valence-corrected chi connectivity index (χ1v) is 7.72. The van der Waals surface area contributed by atoms with Crippen LogP contribution >= 0.6 is 12.2 Å². The van der Waals surface area contributed by atoms with E-state index in [-0.39, 0.29) is 6.42 Å². The lowest BCUT2D eigenvalue weighted by atomic mass is 10.1. The molecule has 0 unspecified atom stereocenters. The minimum Gasteiger partial charge on any atom is -0.550 e. The number of rotatable bonds is 8. The van der Waals surface area contributed by atoms with Crippen LogP contribution in [0.4, 0.5) is 0 Å². The van der Waals surface area contributed by atoms with E-state index in [4.69, 9.17) is 16.6 Å². The van der Waals surface area contributed by atoms with Crippen LogP contribution in [0.25, 0.3) is 0 Å². The van der Waals surface area contributed by atoms with E-state index in [1.807, 2.05) is 13.8 Å². The predicted molar refractivity (Wildman–Crippen MR) is 87.6 cm³/mol. The van der Waals surface area contributed by atoms with Crippen molar-refractivity contribution in [2.24, 2.45) is 5.10 Å². The predicted octanol–water partition coefficient (Wildman–Crippen LogP) is 1.26. The van der Waals surface area contributed by atoms with Crippen molar-refractivity contribution in [2.75, 3.05) is 6.54 Å². The van der Waals surface area contributed by atoms with Crippen LogP contribution in [0.2, 0.25) is 0 Å². The van der Waals surface area contributed by atoms with Crippen molar-refractivity contribution in [3.8, 4) is 0 Å². The molecule has 0 spiro atoms. The Balaban J connectivity index is 2.60. The van der Waals surface area contributed by atoms with Crippen molar-refractivity contribution in [1.29, 1.82) is 0 Å². The SMILES string of the molecule is CCCCNC(=S)N/N=C(/C)c1cc(CCC(=O)[O-])oc1C. The van der Waals surface area contributed by atoms with Gasteiger partial charge < -0.3 is 19.6 Å². The molecule has 0 bridgehead atoms. The number of hydrogen-bond donors (Lipinski definition) is 2. The maximum absolute atomic E-state index is 10.5. The third-order valence-corrected chi connectivity index (χ3v) is 3.31. The highest BCUT2D eigenvalue weighted by atomic mass is 32.1. The molecule has 0 saturated carbocycles. The van der Waals surface area contributed by atoms with Crippen LogP contribution in [0, 0.1) is 6.92 Å². The Morgan fingerprint density at radius 2 is 2.23 bits per heavy atom. The monoisotopic (exact) mass is 324 g/mol. The van der Waals surface area contributed by atoms with Gasteiger partial charge in [0.1, 0.15) is 11.5 Å². The summed E-state index contributed by atoms with van der Waals surface area (Å²) in [5.74, 6) is 0.210. The minimum atomic E-state index is -1.09. The van der Waals surface area contributed by atoms with Crippen molar-refractivity contribution in [1.82, 2.24) is 10.7 Å². The molecule has 0 aliphatic carbocycles. The van der Waals surface area contributed by atoms with Crippen molar-refractivity contribution in [2.45, 2.75) is 46.5 Å². The molecule has 6 nitrogen and oxygen atoms in total. The fraction of sp³-hybridized carbons (Fsp3) is 0.533. The molecule has 0 radical (unpaired) electrons. The summed E-state index contributed by atoms with van der Waals surface area (Å²) in [5, 5.41) is 18.2. The average molecular weight is 324 g/mol. The molecule has 0 atom stereocenters. The molecule has 22 heavy (non-hydrogen) atoms. The van der Waals surface area contributed by atoms with Crippen LogP contribution in [-0.4, -0.2) is 23.3 Å². The number of hydrogen-bond acceptors (Lipinski definition) is 5. The Morgan fingerprint density at radius 3 is 2.86 bits per heavy atom. The average Bonchev–Trinajstić information content (AvgIpc) is 2.84. The van der Waals surface area contributed by atoms with Gasteiger partial charge in [0.25, 0.3) is 0 Å². The van der Waals surface area contributed by atoms with E-state index < -0.39 is 5.97 Å². The number of aryl methyl sites for hydroxylation is 2. The number of nitrogens with zero attached hydrogens (tertiary/aromatic N) is 1. The Kier molecular flexibility index (Phi) is 7.59. The standard InChI is InChI=1S/C15H23N3O3S/c1-4-5-8-16-15(22)18-17-10(2)13-9-12(21-11(13)3)6-7-14(19)20/h9H,4-8H2,1-3H3,(H,19,20)(H2,16,18,22)/p-1/b17-10-. The van der Waals surface area contributed by atoms with Gasteiger partial charge in [0.05, 0.1) is 5.71 Å². The van der Waals surface area contributed by atoms with Gasteiger partial charge in [-0.15, -0.1) is 0 Å². The lowest BCUT2D eigenvalue weighted by molar-refractivity contribution is -0.305. The molecule has 1 aromatic heterocycles. The topological polar surface area (TPSA) is 89.7 Å². The van der Waals surface area contributed by atoms with Gasteiger partial charge in [-0.25, -0.2) is 0 Å². The van der Waals surface area contributed by atoms with Crippen LogP contribution in [0.5, 0.6) is 0 Å². The lowest BCUT2D eigenvalue weighted by Crippen LogP contribution is -2.33. The molecule has 0 aromatic carbocycles. The van der Waals surface area contributed by atoms with Gasteiger partial charge in [-0.3, -0.25) is 5.43 Å². The van der Waals surface area contributed by atoms with Crippen LogP contribution in [0.15, 0.2) is 15.6 Å². The van der Waals surface area contributed by atoms with E-state index in [9.17, 15) is 9.90 Å². The molecule has 0 amide bonds. The second-order valence-corrected chi connectivity index (χ2v) is 5.38. The third-order valence-electron chi connectivity index (χ3n) is 3.08. The zero-order valence-corrected chi connectivity index (χ0v) is 14.0. The van der Waals surface area contributed by atoms with E-state index in [0.29, 0.717) is 23.1 Å². The van der Waals surface area contributed by atoms with Crippen molar-refractivity contribution in [3.63, 3.8) is 0 Å². The van der Waals surface area contributed by atoms with Gasteiger partial charge in [-0.2, -0.15) is 5.10 Å². The maximum Gasteiger partial charge on any atom is 0.186 e. The first kappa shape index (κ1) is 18.2. The molecule has 7 heteroatoms. The van der Waals surface area contributed by atoms with Gasteiger partial charge in [0.15, 0.2) is 5.11 Å². The van der Waals surface area contributed by atoms with Crippen LogP contribution in [0.3, 0.4) is 0 Å². The number of carboxylic acids is 1. The summed E-state index contributed by atoms with van der Waals surface area (Å²) < 4.78 is 5.52. The highest BCUT2D eigenvalue weighted by Gasteiger charge is 2.10. The smallest absolute Gasteiger partial charge is 0.186 e. The Bertz CT molecular complexity index is 552. The summed E-state index contributed by atoms with van der Waals surface area (Å²) >= 11 is 5.12. The molecule has 1 aromatic rings. The fourth-order valence-corrected chi connectivity index (χ4v) is 2.01. The van der Waals surface area contributed by atoms with E-state index in [2.05, 4.69) is 22.8 Å². The highest BCUT2D eigenvalue weighted by Crippen LogP contribution is 2.16. The Morgan fingerprint density at radius 1 is 1.50 bits per heavy atom. The zero-order valence-electron chi connectivity index (χ0n) is 13.2. The van der Waals surface area contributed by atoms with Gasteiger partial charge in [-0.05, 0) is 45.0 Å². The summed E-state index contributed by atoms with van der Waals surface area (Å²) in [7, 11) is 0. The second-order valence-electron chi connectivity index (χ2n) is 4.97.